The van der Waals surface area contributed by atoms with Crippen molar-refractivity contribution < 1.29 is 23.9 Å². The lowest BCUT2D eigenvalue weighted by atomic mass is 9.96. The Balaban J connectivity index is 2.14. The third kappa shape index (κ3) is 4.19. The number of allylic oxidation sites excluding steroid dienone is 1. The third-order valence-electron chi connectivity index (χ3n) is 4.59. The van der Waals surface area contributed by atoms with Gasteiger partial charge in [0.15, 0.2) is 5.69 Å². The van der Waals surface area contributed by atoms with Crippen molar-refractivity contribution in [2.24, 2.45) is 0 Å². The summed E-state index contributed by atoms with van der Waals surface area (Å²) in [5.41, 5.74) is 2.69. The summed E-state index contributed by atoms with van der Waals surface area (Å²) in [6.45, 7) is 7.28. The fraction of sp³-hybridized carbons (Fsp3) is 0.333. The van der Waals surface area contributed by atoms with Crippen molar-refractivity contribution in [1.82, 2.24) is 20.4 Å². The van der Waals surface area contributed by atoms with Gasteiger partial charge in [0.05, 0.1) is 30.5 Å². The molecule has 158 valence electrons. The lowest BCUT2D eigenvalue weighted by Crippen LogP contribution is -2.45. The van der Waals surface area contributed by atoms with Gasteiger partial charge in [-0.3, -0.25) is 0 Å². The summed E-state index contributed by atoms with van der Waals surface area (Å²) in [5, 5.41) is 9.66. The lowest BCUT2D eigenvalue weighted by Gasteiger charge is -2.27. The lowest BCUT2D eigenvalue weighted by molar-refractivity contribution is -0.139. The van der Waals surface area contributed by atoms with Gasteiger partial charge in [-0.15, -0.1) is 0 Å². The van der Waals surface area contributed by atoms with Gasteiger partial charge >= 0.3 is 18.0 Å². The highest BCUT2D eigenvalue weighted by atomic mass is 16.5. The van der Waals surface area contributed by atoms with Gasteiger partial charge in [0.2, 0.25) is 0 Å². The molecule has 2 heterocycles. The van der Waals surface area contributed by atoms with Crippen LogP contribution in [0, 0.1) is 6.92 Å². The van der Waals surface area contributed by atoms with E-state index in [4.69, 9.17) is 9.47 Å². The van der Waals surface area contributed by atoms with E-state index in [0.717, 1.165) is 11.3 Å². The number of amides is 2. The predicted octanol–water partition coefficient (Wildman–Crippen LogP) is 2.55. The molecule has 0 saturated heterocycles. The first-order chi connectivity index (χ1) is 14.3. The molecule has 9 nitrogen and oxygen atoms in total. The second-order valence-corrected chi connectivity index (χ2v) is 6.72. The van der Waals surface area contributed by atoms with Crippen molar-refractivity contribution in [1.29, 1.82) is 0 Å². The van der Waals surface area contributed by atoms with Gasteiger partial charge in [-0.25, -0.2) is 19.1 Å². The SMILES string of the molecule is CCOC(=O)C1=C(C)NC(=O)N[C@H]1c1cn(-c2ccc(C)cc2)nc1C(=O)OCC. The molecule has 0 aliphatic carbocycles. The number of ether oxygens (including phenoxy) is 2. The summed E-state index contributed by atoms with van der Waals surface area (Å²) in [7, 11) is 0. The van der Waals surface area contributed by atoms with Crippen molar-refractivity contribution in [3.8, 4) is 5.69 Å². The molecule has 0 spiro atoms. The second-order valence-electron chi connectivity index (χ2n) is 6.72. The highest BCUT2D eigenvalue weighted by Gasteiger charge is 2.36. The number of nitrogens with zero attached hydrogens (tertiary/aromatic N) is 2. The van der Waals surface area contributed by atoms with E-state index in [1.54, 1.807) is 27.0 Å². The summed E-state index contributed by atoms with van der Waals surface area (Å²) in [5.74, 6) is -1.24. The first kappa shape index (κ1) is 21.1. The average molecular weight is 412 g/mol. The molecule has 0 bridgehead atoms. The summed E-state index contributed by atoms with van der Waals surface area (Å²) in [6.07, 6.45) is 1.61. The fourth-order valence-electron chi connectivity index (χ4n) is 3.19. The average Bonchev–Trinajstić information content (AvgIpc) is 3.13. The molecule has 1 aromatic carbocycles. The molecule has 0 saturated carbocycles. The third-order valence-corrected chi connectivity index (χ3v) is 4.59. The van der Waals surface area contributed by atoms with Gasteiger partial charge in [0.1, 0.15) is 0 Å². The van der Waals surface area contributed by atoms with Gasteiger partial charge in [0, 0.05) is 17.5 Å². The standard InChI is InChI=1S/C21H24N4O5/c1-5-29-19(26)16-13(4)22-21(28)23-17(16)15-11-25(14-9-7-12(3)8-10-14)24-18(15)20(27)30-6-2/h7-11,17H,5-6H2,1-4H3,(H2,22,23,28)/t17-/m0/s1. The zero-order valence-corrected chi connectivity index (χ0v) is 17.3. The predicted molar refractivity (Wildman–Crippen MR) is 108 cm³/mol. The van der Waals surface area contributed by atoms with E-state index in [-0.39, 0.29) is 24.5 Å². The summed E-state index contributed by atoms with van der Waals surface area (Å²) < 4.78 is 11.8. The Hall–Kier alpha value is -3.62. The Morgan fingerprint density at radius 1 is 1.07 bits per heavy atom. The molecule has 2 amide bonds. The molecular formula is C21H24N4O5. The topological polar surface area (TPSA) is 112 Å². The van der Waals surface area contributed by atoms with E-state index in [0.29, 0.717) is 11.3 Å². The number of carbonyl (C=O) groups excluding carboxylic acids is 3. The minimum absolute atomic E-state index is 0.0132. The van der Waals surface area contributed by atoms with Crippen molar-refractivity contribution in [2.75, 3.05) is 13.2 Å². The number of benzene rings is 1. The maximum atomic E-state index is 12.6. The summed E-state index contributed by atoms with van der Waals surface area (Å²) in [4.78, 5) is 37.4. The van der Waals surface area contributed by atoms with E-state index in [1.165, 1.54) is 4.68 Å². The largest absolute Gasteiger partial charge is 0.463 e. The monoisotopic (exact) mass is 412 g/mol. The molecule has 0 unspecified atom stereocenters. The number of aromatic nitrogens is 2. The molecule has 1 atom stereocenters. The quantitative estimate of drug-likeness (QED) is 0.706. The van der Waals surface area contributed by atoms with Crippen LogP contribution in [-0.2, 0) is 14.3 Å². The molecule has 9 heteroatoms. The number of hydrogen-bond donors (Lipinski definition) is 2. The Labute approximate surface area is 174 Å². The zero-order valence-electron chi connectivity index (χ0n) is 17.3. The van der Waals surface area contributed by atoms with Crippen LogP contribution in [0.1, 0.15) is 48.4 Å². The molecule has 3 rings (SSSR count). The van der Waals surface area contributed by atoms with Crippen molar-refractivity contribution in [2.45, 2.75) is 33.7 Å². The molecule has 1 aliphatic rings. The van der Waals surface area contributed by atoms with Crippen molar-refractivity contribution in [3.05, 3.63) is 58.6 Å². The van der Waals surface area contributed by atoms with Crippen LogP contribution in [0.25, 0.3) is 5.69 Å². The van der Waals surface area contributed by atoms with E-state index >= 15 is 0 Å². The van der Waals surface area contributed by atoms with E-state index in [1.807, 2.05) is 31.2 Å². The molecule has 2 aromatic rings. The van der Waals surface area contributed by atoms with Crippen LogP contribution in [0.2, 0.25) is 0 Å². The summed E-state index contributed by atoms with van der Waals surface area (Å²) >= 11 is 0. The van der Waals surface area contributed by atoms with E-state index < -0.39 is 24.0 Å². The minimum Gasteiger partial charge on any atom is -0.463 e. The number of aryl methyl sites for hydroxylation is 1. The molecule has 0 fully saturated rings. The highest BCUT2D eigenvalue weighted by molar-refractivity contribution is 5.96. The van der Waals surface area contributed by atoms with Crippen LogP contribution < -0.4 is 10.6 Å². The van der Waals surface area contributed by atoms with Crippen molar-refractivity contribution in [3.63, 3.8) is 0 Å². The number of nitrogens with one attached hydrogen (secondary N) is 2. The van der Waals surface area contributed by atoms with E-state index in [9.17, 15) is 14.4 Å². The number of esters is 2. The molecule has 1 aliphatic heterocycles. The van der Waals surface area contributed by atoms with Crippen LogP contribution in [0.3, 0.4) is 0 Å². The Morgan fingerprint density at radius 2 is 1.70 bits per heavy atom. The minimum atomic E-state index is -0.920. The second kappa shape index (κ2) is 8.81. The molecular weight excluding hydrogens is 388 g/mol. The smallest absolute Gasteiger partial charge is 0.359 e. The van der Waals surface area contributed by atoms with Gasteiger partial charge in [-0.2, -0.15) is 5.10 Å². The maximum Gasteiger partial charge on any atom is 0.359 e. The highest BCUT2D eigenvalue weighted by Crippen LogP contribution is 2.30. The Kier molecular flexibility index (Phi) is 6.20. The van der Waals surface area contributed by atoms with E-state index in [2.05, 4.69) is 15.7 Å². The number of hydrogen-bond acceptors (Lipinski definition) is 6. The fourth-order valence-corrected chi connectivity index (χ4v) is 3.19. The number of rotatable bonds is 6. The van der Waals surface area contributed by atoms with Gasteiger partial charge in [-0.05, 0) is 39.8 Å². The number of urea groups is 1. The zero-order chi connectivity index (χ0) is 21.8. The summed E-state index contributed by atoms with van der Waals surface area (Å²) in [6, 6.07) is 6.13. The number of carbonyl (C=O) groups is 3. The first-order valence-electron chi connectivity index (χ1n) is 9.64. The first-order valence-corrected chi connectivity index (χ1v) is 9.64. The van der Waals surface area contributed by atoms with Crippen LogP contribution in [0.15, 0.2) is 41.7 Å². The van der Waals surface area contributed by atoms with Gasteiger partial charge in [0.25, 0.3) is 0 Å². The molecule has 30 heavy (non-hydrogen) atoms. The van der Waals surface area contributed by atoms with Gasteiger partial charge < -0.3 is 20.1 Å². The molecule has 1 aromatic heterocycles. The Bertz CT molecular complexity index is 1010. The Morgan fingerprint density at radius 3 is 2.33 bits per heavy atom. The van der Waals surface area contributed by atoms with Crippen LogP contribution in [-0.4, -0.2) is 41.0 Å². The molecule has 2 N–H and O–H groups in total. The van der Waals surface area contributed by atoms with Crippen LogP contribution in [0.5, 0.6) is 0 Å². The molecule has 0 radical (unpaired) electrons. The maximum absolute atomic E-state index is 12.6. The van der Waals surface area contributed by atoms with Crippen LogP contribution in [0.4, 0.5) is 4.79 Å². The van der Waals surface area contributed by atoms with Gasteiger partial charge in [-0.1, -0.05) is 17.7 Å². The van der Waals surface area contributed by atoms with Crippen molar-refractivity contribution >= 4 is 18.0 Å². The normalized spacial score (nSPS) is 16.0. The van der Waals surface area contributed by atoms with Crippen LogP contribution >= 0.6 is 0 Å².